The summed E-state index contributed by atoms with van der Waals surface area (Å²) >= 11 is 6.15. The molecule has 1 saturated carbocycles. The Hall–Kier alpha value is -5.66. The molecule has 0 spiro atoms. The predicted molar refractivity (Wildman–Crippen MR) is 216 cm³/mol. The molecule has 0 radical (unpaired) electrons. The minimum atomic E-state index is -1.10. The van der Waals surface area contributed by atoms with E-state index in [1.807, 2.05) is 17.0 Å². The number of ether oxygens (including phenoxy) is 1. The lowest BCUT2D eigenvalue weighted by atomic mass is 9.93. The lowest BCUT2D eigenvalue weighted by Gasteiger charge is -2.35. The van der Waals surface area contributed by atoms with Gasteiger partial charge in [0, 0.05) is 64.3 Å². The van der Waals surface area contributed by atoms with Crippen LogP contribution in [0.5, 0.6) is 5.75 Å². The molecule has 312 valence electrons. The maximum atomic E-state index is 15.5. The van der Waals surface area contributed by atoms with Gasteiger partial charge in [-0.2, -0.15) is 5.26 Å². The number of anilines is 2. The quantitative estimate of drug-likeness (QED) is 0.297. The molecule has 6 aliphatic rings. The van der Waals surface area contributed by atoms with E-state index in [4.69, 9.17) is 21.6 Å². The molecule has 0 bridgehead atoms. The van der Waals surface area contributed by atoms with Crippen LogP contribution in [0.1, 0.15) is 88.1 Å². The van der Waals surface area contributed by atoms with E-state index in [1.54, 1.807) is 24.3 Å². The van der Waals surface area contributed by atoms with Crippen molar-refractivity contribution in [1.82, 2.24) is 30.6 Å². The molecule has 6 heterocycles. The van der Waals surface area contributed by atoms with Gasteiger partial charge in [-0.3, -0.25) is 34.2 Å². The van der Waals surface area contributed by atoms with E-state index < -0.39 is 35.5 Å². The molecule has 9 rings (SSSR count). The smallest absolute Gasteiger partial charge is 0.272 e. The standard InChI is InChI=1S/C43H45ClFN9O6/c44-33-15-30(4-1-25(33)18-46)60-29-5-2-28(3-6-29)47-40(56)35-7-9-38(50-49-35)53-22-26-20-51(21-27(26)23-53)19-24-11-13-52(14-12-24)37-17-32-31(16-34(37)45)42(58)54(43(32)59)36-8-10-39(55)48-41(36)57/h1,4,7,9,15-17,24,26-29,36H,2-3,5-6,8,10-14,19-23H2,(H,47,56)(H,48,55,57)/t26?,27?,28-,29-,36?. The second-order valence-corrected chi connectivity index (χ2v) is 17.4. The molecule has 3 atom stereocenters. The Bertz CT molecular complexity index is 2260. The maximum absolute atomic E-state index is 15.5. The number of rotatable bonds is 9. The minimum absolute atomic E-state index is 0.0102. The zero-order chi connectivity index (χ0) is 41.7. The fourth-order valence-electron chi connectivity index (χ4n) is 9.92. The molecule has 3 aromatic rings. The lowest BCUT2D eigenvalue weighted by Crippen LogP contribution is -2.54. The molecule has 1 aliphatic carbocycles. The van der Waals surface area contributed by atoms with Crippen LogP contribution < -0.4 is 25.2 Å². The molecule has 2 aromatic carbocycles. The monoisotopic (exact) mass is 837 g/mol. The second-order valence-electron chi connectivity index (χ2n) is 17.0. The number of carbonyl (C=O) groups is 5. The van der Waals surface area contributed by atoms with E-state index in [9.17, 15) is 24.0 Å². The Labute approximate surface area is 351 Å². The molecule has 15 nitrogen and oxygen atoms in total. The van der Waals surface area contributed by atoms with Crippen molar-refractivity contribution in [1.29, 1.82) is 5.26 Å². The van der Waals surface area contributed by atoms with Crippen LogP contribution in [-0.2, 0) is 9.59 Å². The van der Waals surface area contributed by atoms with Crippen LogP contribution in [0.2, 0.25) is 5.02 Å². The van der Waals surface area contributed by atoms with Crippen molar-refractivity contribution in [2.45, 2.75) is 69.6 Å². The number of nitrogens with one attached hydrogen (secondary N) is 2. The summed E-state index contributed by atoms with van der Waals surface area (Å²) in [7, 11) is 0. The van der Waals surface area contributed by atoms with Crippen molar-refractivity contribution < 1.29 is 33.1 Å². The predicted octanol–water partition coefficient (Wildman–Crippen LogP) is 3.95. The normalized spacial score (nSPS) is 25.9. The van der Waals surface area contributed by atoms with Crippen molar-refractivity contribution >= 4 is 52.6 Å². The van der Waals surface area contributed by atoms with Crippen molar-refractivity contribution in [3.8, 4) is 11.8 Å². The van der Waals surface area contributed by atoms with Crippen molar-refractivity contribution in [3.05, 3.63) is 75.7 Å². The summed E-state index contributed by atoms with van der Waals surface area (Å²) in [5.74, 6) is -0.462. The minimum Gasteiger partial charge on any atom is -0.490 e. The Kier molecular flexibility index (Phi) is 10.9. The number of benzene rings is 2. The largest absolute Gasteiger partial charge is 0.490 e. The summed E-state index contributed by atoms with van der Waals surface area (Å²) in [6.07, 6.45) is 4.92. The number of aromatic nitrogens is 2. The van der Waals surface area contributed by atoms with Crippen molar-refractivity contribution in [2.24, 2.45) is 17.8 Å². The molecule has 5 aliphatic heterocycles. The van der Waals surface area contributed by atoms with Crippen LogP contribution in [0.4, 0.5) is 15.9 Å². The SMILES string of the molecule is N#Cc1ccc(O[C@H]2CC[C@H](NC(=O)c3ccc(N4CC5CN(CC6CCN(c7cc8c(cc7F)C(=O)N(C7CCC(=O)NC7=O)C8=O)CC6)CC5C4)nn3)CC2)cc1Cl. The molecule has 3 unspecified atom stereocenters. The highest BCUT2D eigenvalue weighted by molar-refractivity contribution is 6.31. The number of hydrogen-bond donors (Lipinski definition) is 2. The molecule has 5 amide bonds. The maximum Gasteiger partial charge on any atom is 0.272 e. The third kappa shape index (κ3) is 7.88. The Balaban J connectivity index is 0.709. The van der Waals surface area contributed by atoms with Gasteiger partial charge in [0.05, 0.1) is 33.5 Å². The zero-order valence-electron chi connectivity index (χ0n) is 32.9. The van der Waals surface area contributed by atoms with Gasteiger partial charge in [-0.25, -0.2) is 4.39 Å². The van der Waals surface area contributed by atoms with Crippen LogP contribution in [0.3, 0.4) is 0 Å². The topological polar surface area (TPSA) is 181 Å². The van der Waals surface area contributed by atoms with Crippen LogP contribution >= 0.6 is 11.6 Å². The van der Waals surface area contributed by atoms with Gasteiger partial charge in [-0.1, -0.05) is 11.6 Å². The Morgan fingerprint density at radius 2 is 1.60 bits per heavy atom. The van der Waals surface area contributed by atoms with Gasteiger partial charge in [-0.05, 0) is 99.1 Å². The fourth-order valence-corrected chi connectivity index (χ4v) is 10.1. The molecular formula is C43H45ClFN9O6. The third-order valence-corrected chi connectivity index (χ3v) is 13.4. The van der Waals surface area contributed by atoms with E-state index in [1.165, 1.54) is 6.07 Å². The number of halogens is 2. The Morgan fingerprint density at radius 1 is 0.883 bits per heavy atom. The average molecular weight is 838 g/mol. The van der Waals surface area contributed by atoms with Crippen molar-refractivity contribution in [3.63, 3.8) is 0 Å². The number of carbonyl (C=O) groups excluding carboxylic acids is 5. The number of imide groups is 2. The summed E-state index contributed by atoms with van der Waals surface area (Å²) in [6, 6.07) is 12.2. The third-order valence-electron chi connectivity index (χ3n) is 13.1. The van der Waals surface area contributed by atoms with Crippen molar-refractivity contribution in [2.75, 3.05) is 55.6 Å². The first kappa shape index (κ1) is 39.8. The second kappa shape index (κ2) is 16.4. The first-order valence-corrected chi connectivity index (χ1v) is 21.2. The highest BCUT2D eigenvalue weighted by Gasteiger charge is 2.46. The molecule has 5 fully saturated rings. The summed E-state index contributed by atoms with van der Waals surface area (Å²) in [5.41, 5.74) is 1.01. The fraction of sp³-hybridized carbons (Fsp3) is 0.488. The summed E-state index contributed by atoms with van der Waals surface area (Å²) in [4.78, 5) is 71.2. The van der Waals surface area contributed by atoms with Crippen LogP contribution in [0.25, 0.3) is 0 Å². The number of likely N-dealkylation sites (tertiary alicyclic amines) is 1. The van der Waals surface area contributed by atoms with Crippen LogP contribution in [-0.4, -0.2) is 114 Å². The number of hydrogen-bond acceptors (Lipinski definition) is 12. The first-order valence-electron chi connectivity index (χ1n) is 20.8. The summed E-state index contributed by atoms with van der Waals surface area (Å²) < 4.78 is 21.5. The molecule has 1 aromatic heterocycles. The van der Waals surface area contributed by atoms with Crippen LogP contribution in [0.15, 0.2) is 42.5 Å². The van der Waals surface area contributed by atoms with Gasteiger partial charge >= 0.3 is 0 Å². The highest BCUT2D eigenvalue weighted by atomic mass is 35.5. The first-order chi connectivity index (χ1) is 29.0. The lowest BCUT2D eigenvalue weighted by molar-refractivity contribution is -0.136. The van der Waals surface area contributed by atoms with Gasteiger partial charge in [0.2, 0.25) is 11.8 Å². The number of piperidine rings is 2. The van der Waals surface area contributed by atoms with Gasteiger partial charge in [0.1, 0.15) is 23.7 Å². The number of nitrogens with zero attached hydrogens (tertiary/aromatic N) is 7. The molecule has 2 N–H and O–H groups in total. The summed E-state index contributed by atoms with van der Waals surface area (Å²) in [5, 5.41) is 23.5. The number of amides is 5. The zero-order valence-corrected chi connectivity index (χ0v) is 33.7. The van der Waals surface area contributed by atoms with Gasteiger partial charge < -0.3 is 24.8 Å². The molecule has 4 saturated heterocycles. The summed E-state index contributed by atoms with van der Waals surface area (Å²) in [6.45, 7) is 5.93. The van der Waals surface area contributed by atoms with E-state index >= 15 is 4.39 Å². The molecule has 60 heavy (non-hydrogen) atoms. The molecule has 17 heteroatoms. The van der Waals surface area contributed by atoms with E-state index in [0.717, 1.165) is 88.0 Å². The van der Waals surface area contributed by atoms with Gasteiger partial charge in [0.25, 0.3) is 17.7 Å². The van der Waals surface area contributed by atoms with E-state index in [0.29, 0.717) is 52.9 Å². The van der Waals surface area contributed by atoms with E-state index in [2.05, 4.69) is 30.6 Å². The highest BCUT2D eigenvalue weighted by Crippen LogP contribution is 2.37. The average Bonchev–Trinajstić information content (AvgIpc) is 3.88. The van der Waals surface area contributed by atoms with Gasteiger partial charge in [0.15, 0.2) is 11.5 Å². The Morgan fingerprint density at radius 3 is 2.25 bits per heavy atom. The van der Waals surface area contributed by atoms with Gasteiger partial charge in [-0.15, -0.1) is 10.2 Å². The van der Waals surface area contributed by atoms with E-state index in [-0.39, 0.29) is 47.7 Å². The number of fused-ring (bicyclic) bond motifs is 2. The molecular weight excluding hydrogens is 793 g/mol. The van der Waals surface area contributed by atoms with Crippen LogP contribution in [0, 0.1) is 34.9 Å². The number of nitriles is 1.